The van der Waals surface area contributed by atoms with E-state index < -0.39 is 5.91 Å². The average Bonchev–Trinajstić information content (AvgIpc) is 3.59. The van der Waals surface area contributed by atoms with Crippen LogP contribution in [0.1, 0.15) is 50.7 Å². The summed E-state index contributed by atoms with van der Waals surface area (Å²) < 4.78 is 16.1. The van der Waals surface area contributed by atoms with Crippen LogP contribution >= 0.6 is 23.2 Å². The molecule has 1 aliphatic heterocycles. The molecule has 0 bridgehead atoms. The van der Waals surface area contributed by atoms with Gasteiger partial charge in [-0.3, -0.25) is 9.59 Å². The average molecular weight is 552 g/mol. The van der Waals surface area contributed by atoms with Gasteiger partial charge in [-0.1, -0.05) is 64.8 Å². The molecule has 8 nitrogen and oxygen atoms in total. The van der Waals surface area contributed by atoms with Crippen LogP contribution in [-0.4, -0.2) is 28.7 Å². The largest absolute Gasteiger partial charge is 0.454 e. The van der Waals surface area contributed by atoms with Crippen LogP contribution in [0.5, 0.6) is 11.5 Å². The van der Waals surface area contributed by atoms with Gasteiger partial charge >= 0.3 is 0 Å². The van der Waals surface area contributed by atoms with Crippen molar-refractivity contribution in [2.24, 2.45) is 0 Å². The van der Waals surface area contributed by atoms with Crippen molar-refractivity contribution in [3.8, 4) is 11.5 Å². The van der Waals surface area contributed by atoms with E-state index in [1.165, 1.54) is 12.1 Å². The van der Waals surface area contributed by atoms with Crippen LogP contribution in [0.25, 0.3) is 0 Å². The summed E-state index contributed by atoms with van der Waals surface area (Å²) in [6.45, 7) is 2.42. The zero-order valence-electron chi connectivity index (χ0n) is 20.3. The van der Waals surface area contributed by atoms with Crippen molar-refractivity contribution < 1.29 is 23.6 Å². The Kier molecular flexibility index (Phi) is 7.53. The highest BCUT2D eigenvalue weighted by molar-refractivity contribution is 6.36. The van der Waals surface area contributed by atoms with Gasteiger partial charge in [0.15, 0.2) is 23.0 Å². The van der Waals surface area contributed by atoms with Crippen molar-refractivity contribution >= 4 is 35.0 Å². The lowest BCUT2D eigenvalue weighted by Crippen LogP contribution is -2.33. The van der Waals surface area contributed by atoms with Gasteiger partial charge in [0.2, 0.25) is 6.79 Å². The number of benzene rings is 3. The zero-order valence-corrected chi connectivity index (χ0v) is 21.8. The van der Waals surface area contributed by atoms with Gasteiger partial charge in [0.1, 0.15) is 0 Å². The minimum absolute atomic E-state index is 0.0658. The van der Waals surface area contributed by atoms with Crippen LogP contribution in [0.2, 0.25) is 10.0 Å². The van der Waals surface area contributed by atoms with Crippen molar-refractivity contribution in [1.82, 2.24) is 15.4 Å². The molecular weight excluding hydrogens is 529 g/mol. The van der Waals surface area contributed by atoms with E-state index in [4.69, 9.17) is 37.2 Å². The normalized spacial score (nSPS) is 12.7. The van der Waals surface area contributed by atoms with E-state index in [9.17, 15) is 9.59 Å². The van der Waals surface area contributed by atoms with Gasteiger partial charge in [-0.2, -0.15) is 0 Å². The fourth-order valence-corrected chi connectivity index (χ4v) is 4.59. The molecule has 4 aromatic rings. The summed E-state index contributed by atoms with van der Waals surface area (Å²) in [4.78, 5) is 28.0. The summed E-state index contributed by atoms with van der Waals surface area (Å²) >= 11 is 12.4. The molecule has 5 rings (SSSR count). The first-order valence-electron chi connectivity index (χ1n) is 11.8. The molecule has 2 heterocycles. The van der Waals surface area contributed by atoms with Crippen molar-refractivity contribution in [3.05, 3.63) is 111 Å². The van der Waals surface area contributed by atoms with E-state index in [0.29, 0.717) is 27.8 Å². The first-order chi connectivity index (χ1) is 18.4. The van der Waals surface area contributed by atoms with Crippen LogP contribution in [0, 0.1) is 0 Å². The van der Waals surface area contributed by atoms with Crippen molar-refractivity contribution in [2.45, 2.75) is 26.1 Å². The third-order valence-corrected chi connectivity index (χ3v) is 6.73. The Labute approximate surface area is 229 Å². The molecule has 2 amide bonds. The molecule has 194 valence electrons. The molecule has 0 fully saturated rings. The first kappa shape index (κ1) is 25.6. The predicted molar refractivity (Wildman–Crippen MR) is 141 cm³/mol. The summed E-state index contributed by atoms with van der Waals surface area (Å²) in [5.41, 5.74) is 2.18. The van der Waals surface area contributed by atoms with Crippen molar-refractivity contribution in [1.29, 1.82) is 0 Å². The highest BCUT2D eigenvalue weighted by Crippen LogP contribution is 2.32. The molecule has 3 aromatic carbocycles. The third kappa shape index (κ3) is 5.61. The Hall–Kier alpha value is -4.01. The number of nitrogens with one attached hydrogen (secondary N) is 1. The molecule has 0 spiro atoms. The predicted octanol–water partition coefficient (Wildman–Crippen LogP) is 6.04. The monoisotopic (exact) mass is 551 g/mol. The molecule has 1 atom stereocenters. The smallest absolute Gasteiger partial charge is 0.273 e. The summed E-state index contributed by atoms with van der Waals surface area (Å²) in [5, 5.41) is 7.41. The molecule has 0 radical (unpaired) electrons. The number of rotatable bonds is 8. The van der Waals surface area contributed by atoms with Crippen LogP contribution < -0.4 is 14.8 Å². The second-order valence-electron chi connectivity index (χ2n) is 8.69. The number of hydrogen-bond donors (Lipinski definition) is 1. The summed E-state index contributed by atoms with van der Waals surface area (Å²) in [7, 11) is 0. The Morgan fingerprint density at radius 3 is 2.58 bits per heavy atom. The fourth-order valence-electron chi connectivity index (χ4n) is 4.10. The Morgan fingerprint density at radius 2 is 1.79 bits per heavy atom. The summed E-state index contributed by atoms with van der Waals surface area (Å²) in [6.07, 6.45) is 0. The molecule has 1 aromatic heterocycles. The number of halogens is 2. The first-order valence-corrected chi connectivity index (χ1v) is 12.6. The highest BCUT2D eigenvalue weighted by atomic mass is 35.5. The molecule has 1 N–H and O–H groups in total. The quantitative estimate of drug-likeness (QED) is 0.286. The minimum Gasteiger partial charge on any atom is -0.454 e. The number of nitrogens with zero attached hydrogens (tertiary/aromatic N) is 2. The van der Waals surface area contributed by atoms with E-state index in [-0.39, 0.29) is 42.5 Å². The van der Waals surface area contributed by atoms with Crippen LogP contribution in [0.4, 0.5) is 0 Å². The molecule has 0 aliphatic carbocycles. The van der Waals surface area contributed by atoms with Gasteiger partial charge in [-0.15, -0.1) is 0 Å². The lowest BCUT2D eigenvalue weighted by Gasteiger charge is -2.29. The molecular formula is C28H23Cl2N3O5. The fraction of sp³-hybridized carbons (Fsp3) is 0.179. The standard InChI is InChI=1S/C28H23Cl2N3O5/c1-17(19-5-3-2-4-6-19)33(28(35)22-9-8-20(29)12-23(22)30)15-21-13-24(32-38-21)27(34)31-14-18-7-10-25-26(11-18)37-16-36-25/h2-13,17H,14-16H2,1H3,(H,31,34). The SMILES string of the molecule is CC(c1ccccc1)N(Cc1cc(C(=O)NCc2ccc3c(c2)OCO3)no1)C(=O)c1ccc(Cl)cc1Cl. The maximum Gasteiger partial charge on any atom is 0.273 e. The van der Waals surface area contributed by atoms with Gasteiger partial charge in [0.25, 0.3) is 11.8 Å². The second kappa shape index (κ2) is 11.2. The third-order valence-electron chi connectivity index (χ3n) is 6.18. The van der Waals surface area contributed by atoms with E-state index >= 15 is 0 Å². The molecule has 1 unspecified atom stereocenters. The lowest BCUT2D eigenvalue weighted by molar-refractivity contribution is 0.0653. The molecule has 0 saturated heterocycles. The van der Waals surface area contributed by atoms with Gasteiger partial charge < -0.3 is 24.2 Å². The van der Waals surface area contributed by atoms with E-state index in [1.54, 1.807) is 23.1 Å². The summed E-state index contributed by atoms with van der Waals surface area (Å²) in [5.74, 6) is 0.934. The van der Waals surface area contributed by atoms with E-state index in [1.807, 2.05) is 49.4 Å². The number of carbonyl (C=O) groups excluding carboxylic acids is 2. The molecule has 0 saturated carbocycles. The van der Waals surface area contributed by atoms with E-state index in [0.717, 1.165) is 11.1 Å². The number of aromatic nitrogens is 1. The Balaban J connectivity index is 1.32. The van der Waals surface area contributed by atoms with Crippen LogP contribution in [-0.2, 0) is 13.1 Å². The van der Waals surface area contributed by atoms with E-state index in [2.05, 4.69) is 10.5 Å². The van der Waals surface area contributed by atoms with Crippen LogP contribution in [0.3, 0.4) is 0 Å². The van der Waals surface area contributed by atoms with Crippen LogP contribution in [0.15, 0.2) is 77.3 Å². The summed E-state index contributed by atoms with van der Waals surface area (Å²) in [6, 6.07) is 21.0. The second-order valence-corrected chi connectivity index (χ2v) is 9.54. The molecule has 10 heteroatoms. The number of ether oxygens (including phenoxy) is 2. The van der Waals surface area contributed by atoms with Crippen molar-refractivity contribution in [2.75, 3.05) is 6.79 Å². The van der Waals surface area contributed by atoms with Gasteiger partial charge in [0.05, 0.1) is 23.2 Å². The lowest BCUT2D eigenvalue weighted by atomic mass is 10.0. The molecule has 38 heavy (non-hydrogen) atoms. The van der Waals surface area contributed by atoms with Crippen molar-refractivity contribution in [3.63, 3.8) is 0 Å². The molecule has 1 aliphatic rings. The topological polar surface area (TPSA) is 93.9 Å². The zero-order chi connectivity index (χ0) is 26.6. The van der Waals surface area contributed by atoms with Gasteiger partial charge in [0, 0.05) is 17.6 Å². The maximum atomic E-state index is 13.6. The van der Waals surface area contributed by atoms with Gasteiger partial charge in [-0.05, 0) is 48.4 Å². The number of amides is 2. The minimum atomic E-state index is -0.410. The highest BCUT2D eigenvalue weighted by Gasteiger charge is 2.27. The van der Waals surface area contributed by atoms with Gasteiger partial charge in [-0.25, -0.2) is 0 Å². The Morgan fingerprint density at radius 1 is 1.00 bits per heavy atom. The number of hydrogen-bond acceptors (Lipinski definition) is 6. The number of fused-ring (bicyclic) bond motifs is 1. The number of carbonyl (C=O) groups is 2. The maximum absolute atomic E-state index is 13.6. The Bertz CT molecular complexity index is 1470.